The highest BCUT2D eigenvalue weighted by molar-refractivity contribution is 5.84. The molecular weight excluding hydrogens is 324 g/mol. The van der Waals surface area contributed by atoms with Gasteiger partial charge in [-0.15, -0.1) is 0 Å². The lowest BCUT2D eigenvalue weighted by Crippen LogP contribution is -2.37. The topological polar surface area (TPSA) is 58.2 Å². The number of benzene rings is 2. The van der Waals surface area contributed by atoms with Crippen LogP contribution in [-0.2, 0) is 9.59 Å². The monoisotopic (exact) mass is 352 g/mol. The first kappa shape index (κ1) is 19.7. The minimum Gasteiger partial charge on any atom is -0.355 e. The van der Waals surface area contributed by atoms with Gasteiger partial charge < -0.3 is 10.6 Å². The van der Waals surface area contributed by atoms with Crippen molar-refractivity contribution in [1.29, 1.82) is 0 Å². The summed E-state index contributed by atoms with van der Waals surface area (Å²) < 4.78 is 0. The van der Waals surface area contributed by atoms with Crippen LogP contribution in [0, 0.1) is 5.92 Å². The van der Waals surface area contributed by atoms with Gasteiger partial charge in [-0.05, 0) is 23.5 Å². The predicted octanol–water partition coefficient (Wildman–Crippen LogP) is 3.49. The molecule has 0 aromatic heterocycles. The van der Waals surface area contributed by atoms with Crippen LogP contribution in [0.5, 0.6) is 0 Å². The summed E-state index contributed by atoms with van der Waals surface area (Å²) in [5.41, 5.74) is 2.47. The van der Waals surface area contributed by atoms with Gasteiger partial charge >= 0.3 is 0 Å². The summed E-state index contributed by atoms with van der Waals surface area (Å²) >= 11 is 0. The van der Waals surface area contributed by atoms with E-state index in [9.17, 15) is 9.59 Å². The van der Waals surface area contributed by atoms with Crippen molar-refractivity contribution >= 4 is 11.8 Å². The minimum absolute atomic E-state index is 0.0346. The molecule has 0 bridgehead atoms. The molecule has 2 aromatic rings. The molecule has 0 aliphatic heterocycles. The Morgan fingerprint density at radius 2 is 1.35 bits per heavy atom. The molecule has 26 heavy (non-hydrogen) atoms. The van der Waals surface area contributed by atoms with Crippen molar-refractivity contribution < 1.29 is 9.59 Å². The first-order valence-corrected chi connectivity index (χ1v) is 9.19. The fourth-order valence-electron chi connectivity index (χ4n) is 2.94. The zero-order valence-corrected chi connectivity index (χ0v) is 15.6. The van der Waals surface area contributed by atoms with Gasteiger partial charge in [0.05, 0.1) is 6.54 Å². The van der Waals surface area contributed by atoms with Gasteiger partial charge in [0.15, 0.2) is 0 Å². The Morgan fingerprint density at radius 1 is 0.808 bits per heavy atom. The molecule has 2 N–H and O–H groups in total. The van der Waals surface area contributed by atoms with E-state index < -0.39 is 0 Å². The number of amides is 2. The molecule has 0 aliphatic rings. The van der Waals surface area contributed by atoms with E-state index in [0.29, 0.717) is 13.0 Å². The third kappa shape index (κ3) is 6.71. The van der Waals surface area contributed by atoms with Gasteiger partial charge in [-0.25, -0.2) is 0 Å². The van der Waals surface area contributed by atoms with E-state index in [2.05, 4.69) is 34.9 Å². The average molecular weight is 352 g/mol. The number of nitrogens with one attached hydrogen (secondary N) is 2. The Morgan fingerprint density at radius 3 is 1.85 bits per heavy atom. The number of hydrogen-bond donors (Lipinski definition) is 2. The van der Waals surface area contributed by atoms with Crippen molar-refractivity contribution in [3.05, 3.63) is 71.8 Å². The quantitative estimate of drug-likeness (QED) is 0.726. The van der Waals surface area contributed by atoms with Gasteiger partial charge in [-0.1, -0.05) is 74.5 Å². The first-order chi connectivity index (χ1) is 12.6. The fraction of sp³-hybridized carbons (Fsp3) is 0.364. The Hall–Kier alpha value is -2.62. The van der Waals surface area contributed by atoms with E-state index in [4.69, 9.17) is 0 Å². The van der Waals surface area contributed by atoms with Gasteiger partial charge in [0, 0.05) is 18.9 Å². The molecule has 0 radical (unpaired) electrons. The van der Waals surface area contributed by atoms with Crippen LogP contribution < -0.4 is 10.6 Å². The van der Waals surface area contributed by atoms with E-state index in [-0.39, 0.29) is 30.2 Å². The van der Waals surface area contributed by atoms with Crippen molar-refractivity contribution in [3.63, 3.8) is 0 Å². The van der Waals surface area contributed by atoms with Gasteiger partial charge in [-0.3, -0.25) is 9.59 Å². The highest BCUT2D eigenvalue weighted by Gasteiger charge is 2.14. The third-order valence-electron chi connectivity index (χ3n) is 4.20. The van der Waals surface area contributed by atoms with Crippen molar-refractivity contribution in [1.82, 2.24) is 10.6 Å². The van der Waals surface area contributed by atoms with Crippen LogP contribution in [0.2, 0.25) is 0 Å². The molecule has 0 fully saturated rings. The number of rotatable bonds is 9. The molecular formula is C22H28N2O2. The van der Waals surface area contributed by atoms with Crippen molar-refractivity contribution in [2.24, 2.45) is 5.92 Å². The molecule has 4 nitrogen and oxygen atoms in total. The van der Waals surface area contributed by atoms with Gasteiger partial charge in [0.25, 0.3) is 0 Å². The number of carbonyl (C=O) groups excluding carboxylic acids is 2. The molecule has 4 heteroatoms. The predicted molar refractivity (Wildman–Crippen MR) is 105 cm³/mol. The molecule has 0 aliphatic carbocycles. The first-order valence-electron chi connectivity index (χ1n) is 9.19. The molecule has 0 atom stereocenters. The van der Waals surface area contributed by atoms with Crippen molar-refractivity contribution in [2.75, 3.05) is 13.1 Å². The summed E-state index contributed by atoms with van der Waals surface area (Å²) in [6.07, 6.45) is 1.25. The van der Waals surface area contributed by atoms with E-state index in [0.717, 1.165) is 6.42 Å². The zero-order chi connectivity index (χ0) is 18.8. The lowest BCUT2D eigenvalue weighted by Gasteiger charge is -2.18. The summed E-state index contributed by atoms with van der Waals surface area (Å²) in [6, 6.07) is 20.6. The molecule has 0 saturated heterocycles. The summed E-state index contributed by atoms with van der Waals surface area (Å²) in [5, 5.41) is 5.57. The molecule has 0 spiro atoms. The maximum absolute atomic E-state index is 12.0. The fourth-order valence-corrected chi connectivity index (χ4v) is 2.94. The number of carbonyl (C=O) groups is 2. The van der Waals surface area contributed by atoms with E-state index in [1.54, 1.807) is 0 Å². The summed E-state index contributed by atoms with van der Waals surface area (Å²) in [5.74, 6) is 0.285. The largest absolute Gasteiger partial charge is 0.355 e. The van der Waals surface area contributed by atoms with Crippen LogP contribution in [-0.4, -0.2) is 24.9 Å². The molecule has 2 rings (SSSR count). The van der Waals surface area contributed by atoms with Gasteiger partial charge in [0.2, 0.25) is 11.8 Å². The summed E-state index contributed by atoms with van der Waals surface area (Å²) in [4.78, 5) is 23.6. The number of hydrogen-bond acceptors (Lipinski definition) is 2. The van der Waals surface area contributed by atoms with Gasteiger partial charge in [0.1, 0.15) is 0 Å². The molecule has 0 heterocycles. The van der Waals surface area contributed by atoms with E-state index in [1.165, 1.54) is 11.1 Å². The van der Waals surface area contributed by atoms with Crippen LogP contribution in [0.25, 0.3) is 0 Å². The highest BCUT2D eigenvalue weighted by atomic mass is 16.2. The average Bonchev–Trinajstić information content (AvgIpc) is 2.64. The van der Waals surface area contributed by atoms with Crippen molar-refractivity contribution in [3.8, 4) is 0 Å². The highest BCUT2D eigenvalue weighted by Crippen LogP contribution is 2.27. The second-order valence-corrected chi connectivity index (χ2v) is 6.89. The normalized spacial score (nSPS) is 10.8. The Balaban J connectivity index is 1.86. The van der Waals surface area contributed by atoms with Crippen LogP contribution >= 0.6 is 0 Å². The van der Waals surface area contributed by atoms with Crippen molar-refractivity contribution in [2.45, 2.75) is 32.6 Å². The lowest BCUT2D eigenvalue weighted by molar-refractivity contribution is -0.126. The Bertz CT molecular complexity index is 644. The third-order valence-corrected chi connectivity index (χ3v) is 4.20. The maximum Gasteiger partial charge on any atom is 0.239 e. The maximum atomic E-state index is 12.0. The molecule has 0 unspecified atom stereocenters. The van der Waals surface area contributed by atoms with Gasteiger partial charge in [-0.2, -0.15) is 0 Å². The smallest absolute Gasteiger partial charge is 0.239 e. The van der Waals surface area contributed by atoms with Crippen LogP contribution in [0.15, 0.2) is 60.7 Å². The summed E-state index contributed by atoms with van der Waals surface area (Å²) in [7, 11) is 0. The molecule has 138 valence electrons. The Kier molecular flexibility index (Phi) is 7.87. The van der Waals surface area contributed by atoms with E-state index in [1.807, 2.05) is 50.2 Å². The molecule has 0 saturated carbocycles. The van der Waals surface area contributed by atoms with Crippen LogP contribution in [0.3, 0.4) is 0 Å². The SMILES string of the molecule is CC(C)CC(=O)NCC(=O)NCCC(c1ccccc1)c1ccccc1. The van der Waals surface area contributed by atoms with Crippen LogP contribution in [0.4, 0.5) is 0 Å². The Labute approximate surface area is 156 Å². The molecule has 2 aromatic carbocycles. The molecule has 2 amide bonds. The van der Waals surface area contributed by atoms with Crippen LogP contribution in [0.1, 0.15) is 43.7 Å². The standard InChI is InChI=1S/C22H28N2O2/c1-17(2)15-21(25)24-16-22(26)23-14-13-20(18-9-5-3-6-10-18)19-11-7-4-8-12-19/h3-12,17,20H,13-16H2,1-2H3,(H,23,26)(H,24,25). The van der Waals surface area contributed by atoms with E-state index >= 15 is 0 Å². The lowest BCUT2D eigenvalue weighted by atomic mass is 9.88. The zero-order valence-electron chi connectivity index (χ0n) is 15.6. The minimum atomic E-state index is -0.151. The summed E-state index contributed by atoms with van der Waals surface area (Å²) in [6.45, 7) is 4.56. The second kappa shape index (κ2) is 10.4. The second-order valence-electron chi connectivity index (χ2n) is 6.89.